The summed E-state index contributed by atoms with van der Waals surface area (Å²) in [5.74, 6) is -4.19. The minimum Gasteiger partial charge on any atom is -0.427 e. The normalized spacial score (nSPS) is 17.9. The highest BCUT2D eigenvalue weighted by Gasteiger charge is 2.45. The van der Waals surface area contributed by atoms with E-state index in [0.29, 0.717) is 11.3 Å². The molecule has 0 saturated carbocycles. The van der Waals surface area contributed by atoms with Gasteiger partial charge in [0.15, 0.2) is 0 Å². The second kappa shape index (κ2) is 14.2. The predicted molar refractivity (Wildman–Crippen MR) is 146 cm³/mol. The number of nitrogens with zero attached hydrogens (tertiary/aromatic N) is 3. The van der Waals surface area contributed by atoms with Crippen molar-refractivity contribution in [1.82, 2.24) is 24.7 Å². The molecule has 230 valence electrons. The van der Waals surface area contributed by atoms with E-state index in [1.807, 2.05) is 0 Å². The van der Waals surface area contributed by atoms with E-state index >= 15 is 0 Å². The van der Waals surface area contributed by atoms with Gasteiger partial charge in [0.25, 0.3) is 5.91 Å². The molecule has 0 radical (unpaired) electrons. The SMILES string of the molecule is CCCCCCCC(=O)Oc1ccc(C(NC(=O)N2CCN(CC)C(=O)C2=O)C(=O)NC2CN(S(=O)(=O)O)C2=O)cc1. The van der Waals surface area contributed by atoms with E-state index in [0.717, 1.165) is 25.7 Å². The van der Waals surface area contributed by atoms with Crippen LogP contribution in [0.25, 0.3) is 0 Å². The van der Waals surface area contributed by atoms with Crippen molar-refractivity contribution in [3.05, 3.63) is 29.8 Å². The molecule has 0 spiro atoms. The number of likely N-dealkylation sites (N-methyl/N-ethyl adjacent to an activating group) is 1. The number of rotatable bonds is 13. The van der Waals surface area contributed by atoms with E-state index in [1.54, 1.807) is 6.92 Å². The lowest BCUT2D eigenvalue weighted by molar-refractivity contribution is -0.153. The monoisotopic (exact) mass is 609 g/mol. The summed E-state index contributed by atoms with van der Waals surface area (Å²) in [5.41, 5.74) is 0.171. The number of nitrogens with one attached hydrogen (secondary N) is 2. The van der Waals surface area contributed by atoms with Crippen LogP contribution in [0.3, 0.4) is 0 Å². The molecule has 2 aliphatic rings. The van der Waals surface area contributed by atoms with Gasteiger partial charge in [0.2, 0.25) is 5.91 Å². The Morgan fingerprint density at radius 3 is 2.26 bits per heavy atom. The fraction of sp³-hybridized carbons (Fsp3) is 0.538. The van der Waals surface area contributed by atoms with Crippen molar-refractivity contribution in [2.75, 3.05) is 26.2 Å². The molecule has 6 amide bonds. The topological polar surface area (TPSA) is 200 Å². The number of urea groups is 1. The van der Waals surface area contributed by atoms with Gasteiger partial charge in [-0.2, -0.15) is 8.42 Å². The number of carbonyl (C=O) groups excluding carboxylic acids is 6. The van der Waals surface area contributed by atoms with Crippen molar-refractivity contribution in [2.45, 2.75) is 64.5 Å². The van der Waals surface area contributed by atoms with Crippen molar-refractivity contribution in [2.24, 2.45) is 0 Å². The van der Waals surface area contributed by atoms with Crippen molar-refractivity contribution in [1.29, 1.82) is 0 Å². The molecule has 3 N–H and O–H groups in total. The van der Waals surface area contributed by atoms with Gasteiger partial charge in [-0.15, -0.1) is 0 Å². The quantitative estimate of drug-likeness (QED) is 0.0707. The Kier molecular flexibility index (Phi) is 11.0. The Labute approximate surface area is 243 Å². The van der Waals surface area contributed by atoms with Crippen molar-refractivity contribution in [3.8, 4) is 5.75 Å². The van der Waals surface area contributed by atoms with Gasteiger partial charge < -0.3 is 20.3 Å². The van der Waals surface area contributed by atoms with E-state index in [4.69, 9.17) is 9.29 Å². The van der Waals surface area contributed by atoms with Crippen LogP contribution < -0.4 is 15.4 Å². The van der Waals surface area contributed by atoms with Gasteiger partial charge >= 0.3 is 34.1 Å². The molecule has 1 aromatic rings. The second-order valence-electron chi connectivity index (χ2n) is 9.84. The molecule has 15 nitrogen and oxygen atoms in total. The summed E-state index contributed by atoms with van der Waals surface area (Å²) in [7, 11) is -4.79. The van der Waals surface area contributed by atoms with Crippen LogP contribution in [-0.2, 0) is 34.3 Å². The fourth-order valence-electron chi connectivity index (χ4n) is 4.42. The molecule has 2 fully saturated rings. The first-order chi connectivity index (χ1) is 19.9. The smallest absolute Gasteiger partial charge is 0.362 e. The van der Waals surface area contributed by atoms with Crippen LogP contribution in [-0.4, -0.2) is 94.9 Å². The maximum absolute atomic E-state index is 13.2. The number of piperazine rings is 1. The molecule has 0 bridgehead atoms. The molecule has 2 unspecified atom stereocenters. The number of hydrogen-bond acceptors (Lipinski definition) is 9. The molecule has 2 saturated heterocycles. The lowest BCUT2D eigenvalue weighted by Gasteiger charge is -2.36. The molecule has 1 aromatic carbocycles. The van der Waals surface area contributed by atoms with E-state index in [2.05, 4.69) is 17.6 Å². The Balaban J connectivity index is 1.72. The molecule has 2 atom stereocenters. The van der Waals surface area contributed by atoms with Crippen molar-refractivity contribution in [3.63, 3.8) is 0 Å². The number of unbranched alkanes of at least 4 members (excludes halogenated alkanes) is 4. The molecule has 2 heterocycles. The highest BCUT2D eigenvalue weighted by Crippen LogP contribution is 2.22. The number of hydrogen-bond donors (Lipinski definition) is 3. The highest BCUT2D eigenvalue weighted by atomic mass is 32.2. The van der Waals surface area contributed by atoms with Crippen LogP contribution in [0.5, 0.6) is 5.75 Å². The maximum Gasteiger partial charge on any atom is 0.362 e. The standard InChI is InChI=1S/C26H35N5O10S/c1-3-5-6-7-8-9-20(32)41-18-12-10-17(11-13-18)21(22(33)27-19-16-31(23(19)34)42(38,39)40)28-26(37)30-15-14-29(4-2)24(35)25(30)36/h10-13,19,21H,3-9,14-16H2,1-2H3,(H,27,33)(H,28,37)(H,38,39,40). The zero-order valence-electron chi connectivity index (χ0n) is 23.4. The van der Waals surface area contributed by atoms with Gasteiger partial charge in [0.05, 0.1) is 6.54 Å². The molecule has 2 aliphatic heterocycles. The number of benzene rings is 1. The van der Waals surface area contributed by atoms with Gasteiger partial charge in [-0.3, -0.25) is 33.4 Å². The third-order valence-corrected chi connectivity index (χ3v) is 7.77. The largest absolute Gasteiger partial charge is 0.427 e. The summed E-state index contributed by atoms with van der Waals surface area (Å²) in [6.07, 6.45) is 5.04. The summed E-state index contributed by atoms with van der Waals surface area (Å²) in [4.78, 5) is 77.2. The van der Waals surface area contributed by atoms with Gasteiger partial charge in [-0.1, -0.05) is 44.7 Å². The van der Waals surface area contributed by atoms with Crippen molar-refractivity contribution < 1.29 is 46.5 Å². The Hall–Kier alpha value is -4.05. The third kappa shape index (κ3) is 8.03. The zero-order valence-corrected chi connectivity index (χ0v) is 24.2. The van der Waals surface area contributed by atoms with Crippen LogP contribution in [0.2, 0.25) is 0 Å². The molecule has 42 heavy (non-hydrogen) atoms. The Bertz CT molecular complexity index is 1320. The Morgan fingerprint density at radius 2 is 1.67 bits per heavy atom. The van der Waals surface area contributed by atoms with E-state index in [9.17, 15) is 37.2 Å². The first kappa shape index (κ1) is 32.5. The summed E-state index contributed by atoms with van der Waals surface area (Å²) >= 11 is 0. The number of β-lactam (4-membered cyclic amide) rings is 1. The molecule has 3 rings (SSSR count). The van der Waals surface area contributed by atoms with Gasteiger partial charge in [0.1, 0.15) is 17.8 Å². The molecule has 16 heteroatoms. The predicted octanol–water partition coefficient (Wildman–Crippen LogP) is 0.524. The maximum atomic E-state index is 13.2. The minimum absolute atomic E-state index is 0.103. The summed E-state index contributed by atoms with van der Waals surface area (Å²) in [6, 6.07) is 1.75. The van der Waals surface area contributed by atoms with Crippen LogP contribution in [0.1, 0.15) is 64.0 Å². The molecular weight excluding hydrogens is 574 g/mol. The van der Waals surface area contributed by atoms with Crippen LogP contribution in [0.4, 0.5) is 4.79 Å². The summed E-state index contributed by atoms with van der Waals surface area (Å²) in [5, 5.41) is 4.70. The average molecular weight is 610 g/mol. The molecule has 0 aliphatic carbocycles. The number of amides is 6. The summed E-state index contributed by atoms with van der Waals surface area (Å²) in [6.45, 7) is 3.51. The molecular formula is C26H35N5O10S. The average Bonchev–Trinajstić information content (AvgIpc) is 2.94. The van der Waals surface area contributed by atoms with Gasteiger partial charge in [-0.05, 0) is 31.0 Å². The lowest BCUT2D eigenvalue weighted by atomic mass is 10.0. The van der Waals surface area contributed by atoms with Gasteiger partial charge in [0, 0.05) is 26.1 Å². The van der Waals surface area contributed by atoms with Crippen molar-refractivity contribution >= 4 is 45.9 Å². The fourth-order valence-corrected chi connectivity index (χ4v) is 5.11. The van der Waals surface area contributed by atoms with Crippen LogP contribution in [0, 0.1) is 0 Å². The highest BCUT2D eigenvalue weighted by molar-refractivity contribution is 7.84. The van der Waals surface area contributed by atoms with Gasteiger partial charge in [-0.25, -0.2) is 9.10 Å². The van der Waals surface area contributed by atoms with Crippen LogP contribution in [0.15, 0.2) is 24.3 Å². The first-order valence-corrected chi connectivity index (χ1v) is 15.1. The Morgan fingerprint density at radius 1 is 1.00 bits per heavy atom. The van der Waals surface area contributed by atoms with E-state index in [-0.39, 0.29) is 41.7 Å². The minimum atomic E-state index is -4.79. The summed E-state index contributed by atoms with van der Waals surface area (Å²) < 4.78 is 37.0. The zero-order chi connectivity index (χ0) is 31.0. The number of esters is 1. The molecule has 0 aromatic heterocycles. The number of imide groups is 1. The third-order valence-electron chi connectivity index (χ3n) is 6.88. The number of ether oxygens (including phenoxy) is 1. The van der Waals surface area contributed by atoms with Crippen LogP contribution >= 0.6 is 0 Å². The lowest BCUT2D eigenvalue weighted by Crippen LogP contribution is -2.66. The number of carbonyl (C=O) groups is 6. The van der Waals surface area contributed by atoms with E-state index < -0.39 is 64.6 Å². The second-order valence-corrected chi connectivity index (χ2v) is 11.2. The van der Waals surface area contributed by atoms with E-state index in [1.165, 1.54) is 29.2 Å². The first-order valence-electron chi connectivity index (χ1n) is 13.7.